The Morgan fingerprint density at radius 2 is 2.00 bits per heavy atom. The molecule has 0 saturated carbocycles. The van der Waals surface area contributed by atoms with Gasteiger partial charge in [0.15, 0.2) is 11.8 Å². The van der Waals surface area contributed by atoms with E-state index in [1.165, 1.54) is 11.8 Å². The molecule has 1 saturated heterocycles. The highest BCUT2D eigenvalue weighted by atomic mass is 35.5. The van der Waals surface area contributed by atoms with Crippen molar-refractivity contribution in [3.63, 3.8) is 0 Å². The van der Waals surface area contributed by atoms with Crippen molar-refractivity contribution >= 4 is 52.2 Å². The topological polar surface area (TPSA) is 77.0 Å². The Morgan fingerprint density at radius 1 is 1.24 bits per heavy atom. The van der Waals surface area contributed by atoms with Crippen LogP contribution < -0.4 is 10.1 Å². The van der Waals surface area contributed by atoms with Gasteiger partial charge < -0.3 is 14.8 Å². The first-order chi connectivity index (χ1) is 14.0. The van der Waals surface area contributed by atoms with Gasteiger partial charge >= 0.3 is 5.97 Å². The minimum absolute atomic E-state index is 0.144. The summed E-state index contributed by atoms with van der Waals surface area (Å²) in [5.41, 5.74) is 2.39. The molecule has 1 amide bonds. The molecular weight excluding hydrogens is 412 g/mol. The number of amides is 1. The van der Waals surface area contributed by atoms with Crippen molar-refractivity contribution in [3.8, 4) is 5.75 Å². The van der Waals surface area contributed by atoms with Crippen LogP contribution in [-0.4, -0.2) is 30.3 Å². The molecule has 0 radical (unpaired) electrons. The van der Waals surface area contributed by atoms with Crippen molar-refractivity contribution in [1.82, 2.24) is 5.32 Å². The Kier molecular flexibility index (Phi) is 6.95. The van der Waals surface area contributed by atoms with Crippen LogP contribution >= 0.6 is 23.4 Å². The molecule has 0 unspecified atom stereocenters. The summed E-state index contributed by atoms with van der Waals surface area (Å²) in [6, 6.07) is 12.5. The summed E-state index contributed by atoms with van der Waals surface area (Å²) < 4.78 is 10.2. The van der Waals surface area contributed by atoms with Crippen molar-refractivity contribution in [3.05, 3.63) is 63.5 Å². The number of carbonyl (C=O) groups is 2. The van der Waals surface area contributed by atoms with E-state index < -0.39 is 5.97 Å². The Morgan fingerprint density at radius 3 is 2.72 bits per heavy atom. The van der Waals surface area contributed by atoms with Crippen LogP contribution in [0.15, 0.2) is 52.4 Å². The minimum atomic E-state index is -0.417. The molecule has 2 aromatic carbocycles. The third-order valence-electron chi connectivity index (χ3n) is 3.95. The monoisotopic (exact) mass is 430 g/mol. The van der Waals surface area contributed by atoms with Gasteiger partial charge in [0.2, 0.25) is 0 Å². The summed E-state index contributed by atoms with van der Waals surface area (Å²) in [6.45, 7) is 3.79. The summed E-state index contributed by atoms with van der Waals surface area (Å²) in [4.78, 5) is 28.6. The van der Waals surface area contributed by atoms with E-state index in [1.807, 2.05) is 19.1 Å². The maximum Gasteiger partial charge on any atom is 0.344 e. The molecule has 0 bridgehead atoms. The Labute approximate surface area is 177 Å². The first kappa shape index (κ1) is 21.0. The van der Waals surface area contributed by atoms with Crippen LogP contribution in [0.2, 0.25) is 5.02 Å². The van der Waals surface area contributed by atoms with E-state index in [1.54, 1.807) is 43.3 Å². The fraction of sp³-hybridized carbons (Fsp3) is 0.190. The lowest BCUT2D eigenvalue weighted by molar-refractivity contribution is -0.145. The Hall–Kier alpha value is -2.77. The number of esters is 1. The van der Waals surface area contributed by atoms with Crippen LogP contribution in [0.4, 0.5) is 5.69 Å². The molecule has 2 aromatic rings. The van der Waals surface area contributed by atoms with Gasteiger partial charge in [-0.1, -0.05) is 29.8 Å². The average molecular weight is 431 g/mol. The van der Waals surface area contributed by atoms with Gasteiger partial charge in [-0.05, 0) is 67.1 Å². The van der Waals surface area contributed by atoms with Crippen molar-refractivity contribution in [2.75, 3.05) is 13.2 Å². The van der Waals surface area contributed by atoms with Gasteiger partial charge in [-0.15, -0.1) is 0 Å². The van der Waals surface area contributed by atoms with E-state index in [2.05, 4.69) is 10.3 Å². The van der Waals surface area contributed by atoms with E-state index in [0.29, 0.717) is 33.1 Å². The lowest BCUT2D eigenvalue weighted by Crippen LogP contribution is -2.19. The second-order valence-electron chi connectivity index (χ2n) is 6.03. The van der Waals surface area contributed by atoms with Gasteiger partial charge in [-0.2, -0.15) is 0 Å². The van der Waals surface area contributed by atoms with Crippen LogP contribution in [0.1, 0.15) is 18.1 Å². The number of halogens is 1. The lowest BCUT2D eigenvalue weighted by atomic mass is 10.2. The van der Waals surface area contributed by atoms with Crippen LogP contribution in [-0.2, 0) is 14.3 Å². The highest BCUT2D eigenvalue weighted by Gasteiger charge is 2.24. The summed E-state index contributed by atoms with van der Waals surface area (Å²) in [6.07, 6.45) is 1.77. The molecule has 1 fully saturated rings. The number of carbonyl (C=O) groups excluding carboxylic acids is 2. The molecular formula is C21H19ClN2O4S. The first-order valence-corrected chi connectivity index (χ1v) is 10.1. The number of aliphatic imine (C=N–C) groups is 1. The first-order valence-electron chi connectivity index (χ1n) is 8.89. The zero-order valence-corrected chi connectivity index (χ0v) is 17.5. The molecule has 1 aliphatic rings. The molecule has 0 aromatic heterocycles. The van der Waals surface area contributed by atoms with E-state index in [9.17, 15) is 9.59 Å². The number of thioether (sulfide) groups is 1. The predicted molar refractivity (Wildman–Crippen MR) is 116 cm³/mol. The quantitative estimate of drug-likeness (QED) is 0.540. The number of nitrogens with zero attached hydrogens (tertiary/aromatic N) is 1. The molecule has 8 heteroatoms. The van der Waals surface area contributed by atoms with E-state index in [0.717, 1.165) is 11.1 Å². The van der Waals surface area contributed by atoms with E-state index >= 15 is 0 Å². The molecule has 6 nitrogen and oxygen atoms in total. The van der Waals surface area contributed by atoms with Gasteiger partial charge in [0.1, 0.15) is 5.75 Å². The number of hydrogen-bond acceptors (Lipinski definition) is 6. The number of ether oxygens (including phenoxy) is 2. The Balaban J connectivity index is 1.67. The zero-order chi connectivity index (χ0) is 20.8. The smallest absolute Gasteiger partial charge is 0.344 e. The van der Waals surface area contributed by atoms with Crippen molar-refractivity contribution in [1.29, 1.82) is 0 Å². The fourth-order valence-corrected chi connectivity index (χ4v) is 3.47. The number of hydrogen-bond donors (Lipinski definition) is 1. The van der Waals surface area contributed by atoms with Gasteiger partial charge in [0.05, 0.1) is 17.2 Å². The molecule has 0 aliphatic carbocycles. The zero-order valence-electron chi connectivity index (χ0n) is 15.9. The fourth-order valence-electron chi connectivity index (χ4n) is 2.46. The number of amidine groups is 1. The van der Waals surface area contributed by atoms with Gasteiger partial charge in [-0.25, -0.2) is 9.79 Å². The number of benzene rings is 2. The molecule has 1 N–H and O–H groups in total. The van der Waals surface area contributed by atoms with Gasteiger partial charge in [0, 0.05) is 5.02 Å². The maximum absolute atomic E-state index is 12.3. The second kappa shape index (κ2) is 9.62. The lowest BCUT2D eigenvalue weighted by Gasteiger charge is -2.05. The Bertz CT molecular complexity index is 987. The molecule has 3 rings (SSSR count). The van der Waals surface area contributed by atoms with Crippen LogP contribution in [0, 0.1) is 6.92 Å². The molecule has 1 aliphatic heterocycles. The maximum atomic E-state index is 12.3. The van der Waals surface area contributed by atoms with Crippen molar-refractivity contribution in [2.24, 2.45) is 4.99 Å². The average Bonchev–Trinajstić information content (AvgIpc) is 3.04. The highest BCUT2D eigenvalue weighted by Crippen LogP contribution is 2.31. The second-order valence-corrected chi connectivity index (χ2v) is 7.47. The normalized spacial score (nSPS) is 16.2. The van der Waals surface area contributed by atoms with Crippen molar-refractivity contribution < 1.29 is 19.1 Å². The van der Waals surface area contributed by atoms with E-state index in [4.69, 9.17) is 21.1 Å². The standard InChI is InChI=1S/C21H19ClN2O4S/c1-3-27-19(25)12-28-15-9-7-14(8-10-15)11-18-20(26)24-21(29-18)23-17-6-4-5-16(22)13(17)2/h4-11H,3,12H2,1-2H3,(H,23,24,26)/b18-11+. The summed E-state index contributed by atoms with van der Waals surface area (Å²) >= 11 is 7.38. The highest BCUT2D eigenvalue weighted by molar-refractivity contribution is 8.18. The third kappa shape index (κ3) is 5.62. The van der Waals surface area contributed by atoms with E-state index in [-0.39, 0.29) is 12.5 Å². The van der Waals surface area contributed by atoms with Crippen LogP contribution in [0.3, 0.4) is 0 Å². The largest absolute Gasteiger partial charge is 0.482 e. The van der Waals surface area contributed by atoms with Gasteiger partial charge in [-0.3, -0.25) is 4.79 Å². The molecule has 29 heavy (non-hydrogen) atoms. The SMILES string of the molecule is CCOC(=O)COc1ccc(/C=C2/SC(=Nc3cccc(Cl)c3C)NC2=O)cc1. The van der Waals surface area contributed by atoms with Gasteiger partial charge in [0.25, 0.3) is 5.91 Å². The summed E-state index contributed by atoms with van der Waals surface area (Å²) in [5, 5.41) is 3.89. The third-order valence-corrected chi connectivity index (χ3v) is 5.27. The van der Waals surface area contributed by atoms with Crippen molar-refractivity contribution in [2.45, 2.75) is 13.8 Å². The van der Waals surface area contributed by atoms with Crippen LogP contribution in [0.5, 0.6) is 5.75 Å². The van der Waals surface area contributed by atoms with Crippen LogP contribution in [0.25, 0.3) is 6.08 Å². The number of rotatable bonds is 6. The summed E-state index contributed by atoms with van der Waals surface area (Å²) in [5.74, 6) is -0.0852. The number of nitrogens with one attached hydrogen (secondary N) is 1. The molecule has 1 heterocycles. The molecule has 0 atom stereocenters. The molecule has 0 spiro atoms. The summed E-state index contributed by atoms with van der Waals surface area (Å²) in [7, 11) is 0. The molecule has 150 valence electrons. The minimum Gasteiger partial charge on any atom is -0.482 e. The predicted octanol–water partition coefficient (Wildman–Crippen LogP) is 4.48.